The van der Waals surface area contributed by atoms with Gasteiger partial charge in [0.15, 0.2) is 0 Å². The molecule has 0 saturated carbocycles. The van der Waals surface area contributed by atoms with Crippen molar-refractivity contribution in [3.05, 3.63) is 102 Å². The van der Waals surface area contributed by atoms with E-state index in [9.17, 15) is 18.0 Å². The molecule has 2 unspecified atom stereocenters. The van der Waals surface area contributed by atoms with Crippen LogP contribution in [-0.4, -0.2) is 34.6 Å². The number of esters is 2. The SMILES string of the molecule is COC(=O)CC(Cc1ccccc1)(C(=O)OC)C(NS(=O)(=O)c1ccc(C)cc1)c1ccccc1. The maximum absolute atomic E-state index is 13.5. The van der Waals surface area contributed by atoms with Crippen molar-refractivity contribution in [3.8, 4) is 0 Å². The van der Waals surface area contributed by atoms with Gasteiger partial charge in [-0.1, -0.05) is 78.4 Å². The average molecular weight is 496 g/mol. The normalized spacial score (nSPS) is 13.9. The van der Waals surface area contributed by atoms with E-state index in [1.54, 1.807) is 42.5 Å². The molecule has 0 fully saturated rings. The van der Waals surface area contributed by atoms with Gasteiger partial charge in [0, 0.05) is 0 Å². The number of aryl methyl sites for hydroxylation is 1. The van der Waals surface area contributed by atoms with E-state index in [0.717, 1.165) is 11.1 Å². The lowest BCUT2D eigenvalue weighted by molar-refractivity contribution is -0.161. The molecule has 3 aromatic rings. The van der Waals surface area contributed by atoms with Gasteiger partial charge in [-0.05, 0) is 36.6 Å². The third kappa shape index (κ3) is 6.15. The lowest BCUT2D eigenvalue weighted by atomic mass is 9.70. The predicted molar refractivity (Wildman–Crippen MR) is 132 cm³/mol. The van der Waals surface area contributed by atoms with Crippen LogP contribution >= 0.6 is 0 Å². The molecule has 0 aliphatic carbocycles. The van der Waals surface area contributed by atoms with Crippen molar-refractivity contribution in [2.24, 2.45) is 5.41 Å². The Kier molecular flexibility index (Phi) is 8.43. The Balaban J connectivity index is 2.23. The fraction of sp³-hybridized carbons (Fsp3) is 0.259. The standard InChI is InChI=1S/C27H29NO6S/c1-20-14-16-23(17-15-20)35(31,32)28-25(22-12-8-5-9-13-22)27(26(30)34-3,19-24(29)33-2)18-21-10-6-4-7-11-21/h4-17,25,28H,18-19H2,1-3H3. The van der Waals surface area contributed by atoms with E-state index in [1.165, 1.54) is 26.4 Å². The van der Waals surface area contributed by atoms with Crippen LogP contribution in [0.1, 0.15) is 29.2 Å². The topological polar surface area (TPSA) is 98.8 Å². The van der Waals surface area contributed by atoms with E-state index in [2.05, 4.69) is 4.72 Å². The van der Waals surface area contributed by atoms with Gasteiger partial charge >= 0.3 is 11.9 Å². The van der Waals surface area contributed by atoms with Crippen LogP contribution < -0.4 is 4.72 Å². The largest absolute Gasteiger partial charge is 0.469 e. The number of nitrogens with one attached hydrogen (secondary N) is 1. The van der Waals surface area contributed by atoms with Gasteiger partial charge in [-0.3, -0.25) is 9.59 Å². The highest BCUT2D eigenvalue weighted by atomic mass is 32.2. The van der Waals surface area contributed by atoms with Crippen molar-refractivity contribution in [3.63, 3.8) is 0 Å². The van der Waals surface area contributed by atoms with Crippen molar-refractivity contribution in [1.29, 1.82) is 0 Å². The van der Waals surface area contributed by atoms with Crippen LogP contribution in [0.2, 0.25) is 0 Å². The summed E-state index contributed by atoms with van der Waals surface area (Å²) in [5, 5.41) is 0. The van der Waals surface area contributed by atoms with Crippen LogP contribution in [0.15, 0.2) is 89.8 Å². The van der Waals surface area contributed by atoms with Crippen molar-refractivity contribution in [2.75, 3.05) is 14.2 Å². The van der Waals surface area contributed by atoms with E-state index < -0.39 is 39.8 Å². The molecule has 8 heteroatoms. The van der Waals surface area contributed by atoms with Crippen LogP contribution in [0.3, 0.4) is 0 Å². The second-order valence-corrected chi connectivity index (χ2v) is 10.1. The number of methoxy groups -OCH3 is 2. The third-order valence-electron chi connectivity index (χ3n) is 5.93. The average Bonchev–Trinajstić information content (AvgIpc) is 2.87. The molecule has 0 aliphatic heterocycles. The summed E-state index contributed by atoms with van der Waals surface area (Å²) < 4.78 is 39.9. The van der Waals surface area contributed by atoms with Crippen LogP contribution in [0.5, 0.6) is 0 Å². The highest BCUT2D eigenvalue weighted by molar-refractivity contribution is 7.89. The summed E-state index contributed by atoms with van der Waals surface area (Å²) >= 11 is 0. The maximum Gasteiger partial charge on any atom is 0.314 e. The monoisotopic (exact) mass is 495 g/mol. The number of hydrogen-bond donors (Lipinski definition) is 1. The van der Waals surface area contributed by atoms with Crippen molar-refractivity contribution in [1.82, 2.24) is 4.72 Å². The van der Waals surface area contributed by atoms with Gasteiger partial charge in [0.2, 0.25) is 10.0 Å². The van der Waals surface area contributed by atoms with Crippen molar-refractivity contribution >= 4 is 22.0 Å². The molecule has 7 nitrogen and oxygen atoms in total. The maximum atomic E-state index is 13.5. The molecule has 3 rings (SSSR count). The van der Waals surface area contributed by atoms with E-state index >= 15 is 0 Å². The lowest BCUT2D eigenvalue weighted by Crippen LogP contribution is -2.49. The third-order valence-corrected chi connectivity index (χ3v) is 7.37. The molecule has 184 valence electrons. The van der Waals surface area contributed by atoms with Crippen LogP contribution in [0.4, 0.5) is 0 Å². The number of sulfonamides is 1. The number of rotatable bonds is 10. The Bertz CT molecular complexity index is 1240. The van der Waals surface area contributed by atoms with E-state index in [4.69, 9.17) is 9.47 Å². The molecular formula is C27H29NO6S. The zero-order valence-corrected chi connectivity index (χ0v) is 20.7. The Morgan fingerprint density at radius 1 is 0.857 bits per heavy atom. The lowest BCUT2D eigenvalue weighted by Gasteiger charge is -2.38. The number of hydrogen-bond acceptors (Lipinski definition) is 6. The number of carbonyl (C=O) groups excluding carboxylic acids is 2. The number of ether oxygens (including phenoxy) is 2. The second kappa shape index (κ2) is 11.3. The molecule has 2 atom stereocenters. The first kappa shape index (κ1) is 26.1. The Hall–Kier alpha value is -3.49. The molecule has 0 aliphatic rings. The van der Waals surface area contributed by atoms with Crippen LogP contribution in [-0.2, 0) is 35.5 Å². The van der Waals surface area contributed by atoms with Crippen molar-refractivity contribution in [2.45, 2.75) is 30.7 Å². The fourth-order valence-electron chi connectivity index (χ4n) is 4.11. The fourth-order valence-corrected chi connectivity index (χ4v) is 5.41. The Morgan fingerprint density at radius 2 is 1.43 bits per heavy atom. The predicted octanol–water partition coefficient (Wildman–Crippen LogP) is 3.98. The number of carbonyl (C=O) groups is 2. The zero-order chi connectivity index (χ0) is 25.5. The van der Waals surface area contributed by atoms with Crippen molar-refractivity contribution < 1.29 is 27.5 Å². The quantitative estimate of drug-likeness (QED) is 0.427. The highest BCUT2D eigenvalue weighted by Crippen LogP contribution is 2.43. The minimum Gasteiger partial charge on any atom is -0.469 e. The summed E-state index contributed by atoms with van der Waals surface area (Å²) in [6.07, 6.45) is -0.368. The summed E-state index contributed by atoms with van der Waals surface area (Å²) in [6, 6.07) is 23.0. The summed E-state index contributed by atoms with van der Waals surface area (Å²) in [5.74, 6) is -1.39. The van der Waals surface area contributed by atoms with E-state index in [1.807, 2.05) is 37.3 Å². The molecule has 0 saturated heterocycles. The van der Waals surface area contributed by atoms with Gasteiger partial charge in [0.05, 0.1) is 31.6 Å². The smallest absolute Gasteiger partial charge is 0.314 e. The van der Waals surface area contributed by atoms with Crippen LogP contribution in [0.25, 0.3) is 0 Å². The molecule has 0 bridgehead atoms. The van der Waals surface area contributed by atoms with E-state index in [-0.39, 0.29) is 11.3 Å². The van der Waals surface area contributed by atoms with Gasteiger partial charge in [-0.15, -0.1) is 0 Å². The zero-order valence-electron chi connectivity index (χ0n) is 19.9. The minimum absolute atomic E-state index is 0.0333. The van der Waals surface area contributed by atoms with Gasteiger partial charge in [0.1, 0.15) is 5.41 Å². The summed E-state index contributed by atoms with van der Waals surface area (Å²) in [7, 11) is -1.65. The Morgan fingerprint density at radius 3 is 1.97 bits per heavy atom. The number of benzene rings is 3. The molecule has 0 radical (unpaired) electrons. The van der Waals surface area contributed by atoms with Gasteiger partial charge in [-0.2, -0.15) is 0 Å². The first-order chi connectivity index (χ1) is 16.7. The van der Waals surface area contributed by atoms with Crippen LogP contribution in [0, 0.1) is 12.3 Å². The first-order valence-corrected chi connectivity index (χ1v) is 12.5. The second-order valence-electron chi connectivity index (χ2n) is 8.34. The molecule has 0 spiro atoms. The first-order valence-electron chi connectivity index (χ1n) is 11.0. The summed E-state index contributed by atoms with van der Waals surface area (Å²) in [4.78, 5) is 26.2. The molecule has 0 aromatic heterocycles. The molecule has 0 amide bonds. The summed E-state index contributed by atoms with van der Waals surface area (Å²) in [6.45, 7) is 1.86. The van der Waals surface area contributed by atoms with Gasteiger partial charge in [-0.25, -0.2) is 13.1 Å². The molecule has 35 heavy (non-hydrogen) atoms. The molecule has 3 aromatic carbocycles. The minimum atomic E-state index is -4.09. The molecular weight excluding hydrogens is 466 g/mol. The van der Waals surface area contributed by atoms with E-state index in [0.29, 0.717) is 5.56 Å². The molecule has 1 N–H and O–H groups in total. The Labute approximate surface area is 206 Å². The van der Waals surface area contributed by atoms with Gasteiger partial charge < -0.3 is 9.47 Å². The molecule has 0 heterocycles. The summed E-state index contributed by atoms with van der Waals surface area (Å²) in [5.41, 5.74) is 0.510. The highest BCUT2D eigenvalue weighted by Gasteiger charge is 2.51. The van der Waals surface area contributed by atoms with Gasteiger partial charge in [0.25, 0.3) is 0 Å².